The minimum atomic E-state index is 0.585. The van der Waals surface area contributed by atoms with Crippen LogP contribution in [-0.4, -0.2) is 12.5 Å². The highest BCUT2D eigenvalue weighted by atomic mass is 35.5. The number of halogens is 2. The van der Waals surface area contributed by atoms with Gasteiger partial charge < -0.3 is 4.74 Å². The molecular formula is C15H14Cl2O. The lowest BCUT2D eigenvalue weighted by Crippen LogP contribution is -1.98. The first kappa shape index (κ1) is 13.3. The topological polar surface area (TPSA) is 9.23 Å². The Balaban J connectivity index is 2.25. The lowest BCUT2D eigenvalue weighted by Gasteiger charge is -2.11. The summed E-state index contributed by atoms with van der Waals surface area (Å²) < 4.78 is 5.62. The predicted octanol–water partition coefficient (Wildman–Crippen LogP) is 5.01. The van der Waals surface area contributed by atoms with Crippen LogP contribution in [0.1, 0.15) is 6.42 Å². The van der Waals surface area contributed by atoms with E-state index in [1.54, 1.807) is 0 Å². The minimum Gasteiger partial charge on any atom is -0.492 e. The normalized spacial score (nSPS) is 10.3. The molecule has 2 rings (SSSR count). The van der Waals surface area contributed by atoms with Gasteiger partial charge in [0.15, 0.2) is 0 Å². The Kier molecular flexibility index (Phi) is 4.91. The number of alkyl halides is 1. The highest BCUT2D eigenvalue weighted by molar-refractivity contribution is 6.34. The second-order valence-electron chi connectivity index (χ2n) is 3.87. The van der Waals surface area contributed by atoms with Crippen molar-refractivity contribution in [3.8, 4) is 16.9 Å². The zero-order valence-corrected chi connectivity index (χ0v) is 11.4. The lowest BCUT2D eigenvalue weighted by molar-refractivity contribution is 0.318. The van der Waals surface area contributed by atoms with Crippen LogP contribution in [0.15, 0.2) is 48.5 Å². The standard InChI is InChI=1S/C15H14Cl2O/c16-10-5-11-18-14-9-4-8-13(15(14)17)12-6-2-1-3-7-12/h1-4,6-9H,5,10-11H2. The largest absolute Gasteiger partial charge is 0.492 e. The maximum atomic E-state index is 6.36. The van der Waals surface area contributed by atoms with E-state index in [9.17, 15) is 0 Å². The Bertz CT molecular complexity index is 497. The number of benzene rings is 2. The van der Waals surface area contributed by atoms with Gasteiger partial charge in [0.1, 0.15) is 5.75 Å². The Labute approximate surface area is 117 Å². The van der Waals surface area contributed by atoms with Gasteiger partial charge in [-0.3, -0.25) is 0 Å². The fraction of sp³-hybridized carbons (Fsp3) is 0.200. The Morgan fingerprint density at radius 3 is 2.44 bits per heavy atom. The van der Waals surface area contributed by atoms with E-state index in [0.29, 0.717) is 23.3 Å². The van der Waals surface area contributed by atoms with Gasteiger partial charge in [-0.05, 0) is 18.1 Å². The van der Waals surface area contributed by atoms with Crippen molar-refractivity contribution in [2.45, 2.75) is 6.42 Å². The molecule has 94 valence electrons. The van der Waals surface area contributed by atoms with Crippen molar-refractivity contribution in [2.75, 3.05) is 12.5 Å². The van der Waals surface area contributed by atoms with Crippen LogP contribution in [-0.2, 0) is 0 Å². The molecule has 1 nitrogen and oxygen atoms in total. The van der Waals surface area contributed by atoms with Gasteiger partial charge in [-0.15, -0.1) is 11.6 Å². The van der Waals surface area contributed by atoms with Crippen LogP contribution in [0, 0.1) is 0 Å². The van der Waals surface area contributed by atoms with Gasteiger partial charge in [-0.1, -0.05) is 54.1 Å². The van der Waals surface area contributed by atoms with Crippen molar-refractivity contribution in [3.63, 3.8) is 0 Å². The molecule has 0 aliphatic carbocycles. The summed E-state index contributed by atoms with van der Waals surface area (Å²) in [5.74, 6) is 1.30. The SMILES string of the molecule is ClCCCOc1cccc(-c2ccccc2)c1Cl. The zero-order valence-electron chi connectivity index (χ0n) is 9.90. The van der Waals surface area contributed by atoms with Gasteiger partial charge in [0.05, 0.1) is 11.6 Å². The van der Waals surface area contributed by atoms with Crippen LogP contribution in [0.4, 0.5) is 0 Å². The van der Waals surface area contributed by atoms with E-state index in [2.05, 4.69) is 0 Å². The molecule has 0 N–H and O–H groups in total. The van der Waals surface area contributed by atoms with Crippen LogP contribution in [0.3, 0.4) is 0 Å². The van der Waals surface area contributed by atoms with E-state index >= 15 is 0 Å². The molecule has 3 heteroatoms. The average molecular weight is 281 g/mol. The number of rotatable bonds is 5. The Hall–Kier alpha value is -1.18. The molecule has 0 heterocycles. The van der Waals surface area contributed by atoms with Gasteiger partial charge in [0.2, 0.25) is 0 Å². The minimum absolute atomic E-state index is 0.585. The molecule has 0 unspecified atom stereocenters. The van der Waals surface area contributed by atoms with Crippen molar-refractivity contribution >= 4 is 23.2 Å². The van der Waals surface area contributed by atoms with Gasteiger partial charge in [-0.2, -0.15) is 0 Å². The predicted molar refractivity (Wildman–Crippen MR) is 77.7 cm³/mol. The molecule has 0 bridgehead atoms. The van der Waals surface area contributed by atoms with Crippen LogP contribution < -0.4 is 4.74 Å². The molecule has 0 aliphatic rings. The first-order valence-corrected chi connectivity index (χ1v) is 6.77. The number of hydrogen-bond donors (Lipinski definition) is 0. The summed E-state index contributed by atoms with van der Waals surface area (Å²) in [5, 5.41) is 0.651. The van der Waals surface area contributed by atoms with E-state index in [1.807, 2.05) is 48.5 Å². The van der Waals surface area contributed by atoms with E-state index < -0.39 is 0 Å². The smallest absolute Gasteiger partial charge is 0.138 e. The summed E-state index contributed by atoms with van der Waals surface area (Å²) in [6.45, 7) is 0.585. The van der Waals surface area contributed by atoms with Gasteiger partial charge in [0, 0.05) is 11.4 Å². The second-order valence-corrected chi connectivity index (χ2v) is 4.63. The van der Waals surface area contributed by atoms with Gasteiger partial charge in [-0.25, -0.2) is 0 Å². The molecule has 0 radical (unpaired) electrons. The number of ether oxygens (including phenoxy) is 1. The van der Waals surface area contributed by atoms with Crippen LogP contribution in [0.5, 0.6) is 5.75 Å². The van der Waals surface area contributed by atoms with Crippen LogP contribution in [0.25, 0.3) is 11.1 Å². The quantitative estimate of drug-likeness (QED) is 0.552. The van der Waals surface area contributed by atoms with E-state index in [1.165, 1.54) is 0 Å². The van der Waals surface area contributed by atoms with Crippen molar-refractivity contribution < 1.29 is 4.74 Å². The number of hydrogen-bond acceptors (Lipinski definition) is 1. The van der Waals surface area contributed by atoms with Crippen molar-refractivity contribution in [1.29, 1.82) is 0 Å². The molecular weight excluding hydrogens is 267 g/mol. The van der Waals surface area contributed by atoms with Crippen LogP contribution >= 0.6 is 23.2 Å². The molecule has 0 saturated carbocycles. The maximum absolute atomic E-state index is 6.36. The molecule has 0 amide bonds. The molecule has 18 heavy (non-hydrogen) atoms. The third-order valence-electron chi connectivity index (χ3n) is 2.58. The third-order valence-corrected chi connectivity index (χ3v) is 3.24. The summed E-state index contributed by atoms with van der Waals surface area (Å²) in [6, 6.07) is 15.9. The maximum Gasteiger partial charge on any atom is 0.138 e. The van der Waals surface area contributed by atoms with Crippen molar-refractivity contribution in [1.82, 2.24) is 0 Å². The fourth-order valence-electron chi connectivity index (χ4n) is 1.70. The Morgan fingerprint density at radius 1 is 0.944 bits per heavy atom. The fourth-order valence-corrected chi connectivity index (χ4v) is 2.10. The molecule has 2 aromatic rings. The summed E-state index contributed by atoms with van der Waals surface area (Å²) in [6.07, 6.45) is 0.813. The first-order chi connectivity index (χ1) is 8.83. The van der Waals surface area contributed by atoms with E-state index in [4.69, 9.17) is 27.9 Å². The highest BCUT2D eigenvalue weighted by Gasteiger charge is 2.08. The third kappa shape index (κ3) is 3.18. The summed E-state index contributed by atoms with van der Waals surface area (Å²) in [7, 11) is 0. The molecule has 2 aromatic carbocycles. The monoisotopic (exact) mass is 280 g/mol. The second kappa shape index (κ2) is 6.67. The zero-order chi connectivity index (χ0) is 12.8. The Morgan fingerprint density at radius 2 is 1.72 bits per heavy atom. The van der Waals surface area contributed by atoms with Crippen LogP contribution in [0.2, 0.25) is 5.02 Å². The van der Waals surface area contributed by atoms with E-state index in [0.717, 1.165) is 17.5 Å². The van der Waals surface area contributed by atoms with Crippen molar-refractivity contribution in [3.05, 3.63) is 53.6 Å². The summed E-state index contributed by atoms with van der Waals surface area (Å²) >= 11 is 12.0. The molecule has 0 aromatic heterocycles. The van der Waals surface area contributed by atoms with Gasteiger partial charge in [0.25, 0.3) is 0 Å². The van der Waals surface area contributed by atoms with E-state index in [-0.39, 0.29) is 0 Å². The first-order valence-electron chi connectivity index (χ1n) is 5.85. The molecule has 0 spiro atoms. The van der Waals surface area contributed by atoms with Gasteiger partial charge >= 0.3 is 0 Å². The molecule has 0 saturated heterocycles. The summed E-state index contributed by atoms with van der Waals surface area (Å²) in [4.78, 5) is 0. The molecule has 0 aliphatic heterocycles. The summed E-state index contributed by atoms with van der Waals surface area (Å²) in [5.41, 5.74) is 2.07. The molecule has 0 atom stereocenters. The average Bonchev–Trinajstić information content (AvgIpc) is 2.42. The lowest BCUT2D eigenvalue weighted by atomic mass is 10.1. The van der Waals surface area contributed by atoms with Crippen molar-refractivity contribution in [2.24, 2.45) is 0 Å². The molecule has 0 fully saturated rings. The highest BCUT2D eigenvalue weighted by Crippen LogP contribution is 2.35.